The normalized spacial score (nSPS) is 19.6. The van der Waals surface area contributed by atoms with Crippen LogP contribution in [0.4, 0.5) is 4.79 Å². The van der Waals surface area contributed by atoms with E-state index in [2.05, 4.69) is 22.0 Å². The Morgan fingerprint density at radius 1 is 1.17 bits per heavy atom. The zero-order valence-corrected chi connectivity index (χ0v) is 19.8. The van der Waals surface area contributed by atoms with Gasteiger partial charge in [-0.05, 0) is 53.4 Å². The first-order valence-electron chi connectivity index (χ1n) is 11.6. The van der Waals surface area contributed by atoms with E-state index < -0.39 is 5.60 Å². The third-order valence-corrected chi connectivity index (χ3v) is 5.54. The summed E-state index contributed by atoms with van der Waals surface area (Å²) in [6.45, 7) is 19.6. The van der Waals surface area contributed by atoms with Gasteiger partial charge in [-0.3, -0.25) is 9.89 Å². The summed E-state index contributed by atoms with van der Waals surface area (Å²) in [6, 6.07) is 0. The van der Waals surface area contributed by atoms with E-state index in [1.165, 1.54) is 0 Å². The monoisotopic (exact) mass is 425 g/mol. The van der Waals surface area contributed by atoms with Crippen LogP contribution in [0.1, 0.15) is 47.5 Å². The van der Waals surface area contributed by atoms with E-state index >= 15 is 0 Å². The smallest absolute Gasteiger partial charge is 0.410 e. The van der Waals surface area contributed by atoms with Gasteiger partial charge in [0.2, 0.25) is 0 Å². The Bertz CT molecular complexity index is 535. The maximum absolute atomic E-state index is 12.4. The first-order valence-corrected chi connectivity index (χ1v) is 11.6. The Kier molecular flexibility index (Phi) is 10.2. The second-order valence-corrected chi connectivity index (χ2v) is 9.14. The van der Waals surface area contributed by atoms with Crippen LogP contribution in [0.15, 0.2) is 4.99 Å². The molecule has 0 spiro atoms. The minimum absolute atomic E-state index is 0.203. The Hall–Kier alpha value is -1.54. The molecule has 2 saturated heterocycles. The number of hydrogen-bond acceptors (Lipinski definition) is 5. The Labute approximate surface area is 183 Å². The maximum Gasteiger partial charge on any atom is 0.410 e. The molecule has 0 saturated carbocycles. The SMILES string of the molecule is CCNC(=NCCN1CCOCC1)N1CCC(CN(CC)C(=O)OC(C)(C)C)CC1. The number of nitrogens with zero attached hydrogens (tertiary/aromatic N) is 4. The third-order valence-electron chi connectivity index (χ3n) is 5.54. The van der Waals surface area contributed by atoms with E-state index in [1.807, 2.05) is 32.6 Å². The first kappa shape index (κ1) is 24.7. The van der Waals surface area contributed by atoms with Gasteiger partial charge in [-0.15, -0.1) is 0 Å². The fourth-order valence-corrected chi connectivity index (χ4v) is 3.85. The fraction of sp³-hybridized carbons (Fsp3) is 0.909. The molecule has 1 N–H and O–H groups in total. The van der Waals surface area contributed by atoms with Gasteiger partial charge in [-0.25, -0.2) is 4.79 Å². The van der Waals surface area contributed by atoms with Crippen molar-refractivity contribution in [2.24, 2.45) is 10.9 Å². The predicted molar refractivity (Wildman–Crippen MR) is 121 cm³/mol. The summed E-state index contributed by atoms with van der Waals surface area (Å²) < 4.78 is 11.0. The fourth-order valence-electron chi connectivity index (χ4n) is 3.85. The van der Waals surface area contributed by atoms with Gasteiger partial charge in [-0.2, -0.15) is 0 Å². The molecule has 2 aliphatic heterocycles. The Morgan fingerprint density at radius 3 is 2.40 bits per heavy atom. The summed E-state index contributed by atoms with van der Waals surface area (Å²) in [5.74, 6) is 1.52. The van der Waals surface area contributed by atoms with Crippen molar-refractivity contribution in [3.8, 4) is 0 Å². The second-order valence-electron chi connectivity index (χ2n) is 9.14. The topological polar surface area (TPSA) is 69.6 Å². The van der Waals surface area contributed by atoms with Crippen molar-refractivity contribution in [3.05, 3.63) is 0 Å². The molecule has 2 aliphatic rings. The minimum Gasteiger partial charge on any atom is -0.444 e. The highest BCUT2D eigenvalue weighted by Crippen LogP contribution is 2.20. The van der Waals surface area contributed by atoms with E-state index in [-0.39, 0.29) is 6.09 Å². The van der Waals surface area contributed by atoms with Gasteiger partial charge in [0.1, 0.15) is 5.60 Å². The number of guanidine groups is 1. The highest BCUT2D eigenvalue weighted by molar-refractivity contribution is 5.80. The second kappa shape index (κ2) is 12.3. The molecule has 0 aromatic carbocycles. The number of nitrogens with one attached hydrogen (secondary N) is 1. The highest BCUT2D eigenvalue weighted by Gasteiger charge is 2.27. The van der Waals surface area contributed by atoms with Crippen LogP contribution in [0.2, 0.25) is 0 Å². The molecule has 8 nitrogen and oxygen atoms in total. The van der Waals surface area contributed by atoms with Crippen molar-refractivity contribution >= 4 is 12.1 Å². The largest absolute Gasteiger partial charge is 0.444 e. The van der Waals surface area contributed by atoms with Crippen molar-refractivity contribution in [2.45, 2.75) is 53.1 Å². The Balaban J connectivity index is 1.80. The summed E-state index contributed by atoms with van der Waals surface area (Å²) >= 11 is 0. The van der Waals surface area contributed by atoms with Crippen LogP contribution in [-0.4, -0.2) is 104 Å². The average Bonchev–Trinajstić information content (AvgIpc) is 2.71. The molecular formula is C22H43N5O3. The van der Waals surface area contributed by atoms with Crippen LogP contribution >= 0.6 is 0 Å². The standard InChI is InChI=1S/C22H43N5O3/c1-6-23-20(24-10-13-25-14-16-29-17-15-25)27-11-8-19(9-12-27)18-26(7-2)21(28)30-22(3,4)5/h19H,6-18H2,1-5H3,(H,23,24). The molecule has 0 atom stereocenters. The van der Waals surface area contributed by atoms with Crippen LogP contribution in [0, 0.1) is 5.92 Å². The third kappa shape index (κ3) is 8.68. The van der Waals surface area contributed by atoms with Crippen molar-refractivity contribution in [2.75, 3.05) is 72.1 Å². The molecule has 2 fully saturated rings. The van der Waals surface area contributed by atoms with Crippen molar-refractivity contribution in [1.29, 1.82) is 0 Å². The van der Waals surface area contributed by atoms with Crippen molar-refractivity contribution < 1.29 is 14.3 Å². The first-order chi connectivity index (χ1) is 14.3. The van der Waals surface area contributed by atoms with Crippen molar-refractivity contribution in [1.82, 2.24) is 20.0 Å². The summed E-state index contributed by atoms with van der Waals surface area (Å²) in [7, 11) is 0. The van der Waals surface area contributed by atoms with Gasteiger partial charge in [0, 0.05) is 52.4 Å². The highest BCUT2D eigenvalue weighted by atomic mass is 16.6. The number of aliphatic imine (C=N–C) groups is 1. The number of carbonyl (C=O) groups is 1. The summed E-state index contributed by atoms with van der Waals surface area (Å²) in [6.07, 6.45) is 1.92. The molecule has 0 bridgehead atoms. The zero-order chi connectivity index (χ0) is 22.0. The van der Waals surface area contributed by atoms with Crippen LogP contribution in [0.3, 0.4) is 0 Å². The van der Waals surface area contributed by atoms with E-state index in [4.69, 9.17) is 14.5 Å². The van der Waals surface area contributed by atoms with Crippen molar-refractivity contribution in [3.63, 3.8) is 0 Å². The predicted octanol–water partition coefficient (Wildman–Crippen LogP) is 2.25. The van der Waals surface area contributed by atoms with Gasteiger partial charge in [0.05, 0.1) is 19.8 Å². The molecule has 30 heavy (non-hydrogen) atoms. The number of likely N-dealkylation sites (tertiary alicyclic amines) is 1. The molecule has 174 valence electrons. The van der Waals surface area contributed by atoms with Crippen LogP contribution in [0.5, 0.6) is 0 Å². The number of piperidine rings is 1. The Morgan fingerprint density at radius 2 is 1.83 bits per heavy atom. The van der Waals surface area contributed by atoms with Gasteiger partial charge >= 0.3 is 6.09 Å². The molecule has 0 aromatic heterocycles. The van der Waals surface area contributed by atoms with Crippen LogP contribution in [0.25, 0.3) is 0 Å². The maximum atomic E-state index is 12.4. The van der Waals surface area contributed by atoms with Gasteiger partial charge in [-0.1, -0.05) is 0 Å². The number of hydrogen-bond donors (Lipinski definition) is 1. The lowest BCUT2D eigenvalue weighted by molar-refractivity contribution is 0.0214. The van der Waals surface area contributed by atoms with E-state index in [9.17, 15) is 4.79 Å². The number of carbonyl (C=O) groups excluding carboxylic acids is 1. The summed E-state index contributed by atoms with van der Waals surface area (Å²) in [5.41, 5.74) is -0.452. The lowest BCUT2D eigenvalue weighted by Gasteiger charge is -2.36. The zero-order valence-electron chi connectivity index (χ0n) is 19.8. The van der Waals surface area contributed by atoms with Crippen LogP contribution in [-0.2, 0) is 9.47 Å². The van der Waals surface area contributed by atoms with E-state index in [1.54, 1.807) is 0 Å². The average molecular weight is 426 g/mol. The van der Waals surface area contributed by atoms with Gasteiger partial charge < -0.3 is 24.6 Å². The number of rotatable bonds is 7. The molecule has 8 heteroatoms. The number of ether oxygens (including phenoxy) is 2. The lowest BCUT2D eigenvalue weighted by atomic mass is 9.96. The van der Waals surface area contributed by atoms with E-state index in [0.717, 1.165) is 84.4 Å². The summed E-state index contributed by atoms with van der Waals surface area (Å²) in [4.78, 5) is 23.9. The number of amides is 1. The molecular weight excluding hydrogens is 382 g/mol. The van der Waals surface area contributed by atoms with Gasteiger partial charge in [0.25, 0.3) is 0 Å². The molecule has 0 aliphatic carbocycles. The van der Waals surface area contributed by atoms with E-state index in [0.29, 0.717) is 12.5 Å². The number of morpholine rings is 1. The van der Waals surface area contributed by atoms with Crippen LogP contribution < -0.4 is 5.32 Å². The molecule has 0 aromatic rings. The molecule has 2 rings (SSSR count). The summed E-state index contributed by atoms with van der Waals surface area (Å²) in [5, 5.41) is 3.45. The molecule has 2 heterocycles. The lowest BCUT2D eigenvalue weighted by Crippen LogP contribution is -2.48. The minimum atomic E-state index is -0.452. The molecule has 1 amide bonds. The van der Waals surface area contributed by atoms with Gasteiger partial charge in [0.15, 0.2) is 5.96 Å². The molecule has 0 radical (unpaired) electrons. The quantitative estimate of drug-likeness (QED) is 0.498. The molecule has 0 unspecified atom stereocenters.